The van der Waals surface area contributed by atoms with E-state index in [0.717, 1.165) is 0 Å². The smallest absolute Gasteiger partial charge is 0.321 e. The highest BCUT2D eigenvalue weighted by Crippen LogP contribution is 2.25. The second kappa shape index (κ2) is 5.75. The Morgan fingerprint density at radius 3 is 1.50 bits per heavy atom. The maximum atomic E-state index is 5.51. The fraction of sp³-hybridized carbons (Fsp3) is 0. The summed E-state index contributed by atoms with van der Waals surface area (Å²) in [5, 5.41) is 0. The topological polar surface area (TPSA) is 70.0 Å². The van der Waals surface area contributed by atoms with E-state index in [1.54, 1.807) is 61.2 Å². The highest BCUT2D eigenvalue weighted by Gasteiger charge is 2.03. The van der Waals surface area contributed by atoms with E-state index < -0.39 is 0 Å². The maximum absolute atomic E-state index is 5.51. The first-order valence-electron chi connectivity index (χ1n) is 5.90. The molecule has 0 N–H and O–H groups in total. The van der Waals surface area contributed by atoms with Crippen LogP contribution in [0.2, 0.25) is 0 Å². The minimum absolute atomic E-state index is 0.278. The van der Waals surface area contributed by atoms with Gasteiger partial charge in [-0.2, -0.15) is 0 Å². The molecule has 20 heavy (non-hydrogen) atoms. The largest absolute Gasteiger partial charge is 0.424 e. The molecule has 0 saturated heterocycles. The Bertz CT molecular complexity index is 620. The molecule has 0 radical (unpaired) electrons. The van der Waals surface area contributed by atoms with Gasteiger partial charge in [0, 0.05) is 30.9 Å². The van der Waals surface area contributed by atoms with Gasteiger partial charge in [0.05, 0.1) is 0 Å². The van der Waals surface area contributed by atoms with E-state index >= 15 is 0 Å². The van der Waals surface area contributed by atoms with E-state index in [2.05, 4.69) is 19.9 Å². The Balaban J connectivity index is 1.76. The normalized spacial score (nSPS) is 10.0. The summed E-state index contributed by atoms with van der Waals surface area (Å²) in [5.74, 6) is 1.15. The van der Waals surface area contributed by atoms with Crippen molar-refractivity contribution in [3.05, 3.63) is 61.2 Å². The van der Waals surface area contributed by atoms with E-state index in [9.17, 15) is 0 Å². The lowest BCUT2D eigenvalue weighted by atomic mass is 10.3. The van der Waals surface area contributed by atoms with Crippen LogP contribution in [0, 0.1) is 0 Å². The average Bonchev–Trinajstić information content (AvgIpc) is 2.50. The number of aromatic nitrogens is 4. The van der Waals surface area contributed by atoms with Gasteiger partial charge in [0.15, 0.2) is 0 Å². The molecule has 98 valence electrons. The second-order valence-electron chi connectivity index (χ2n) is 3.74. The first-order valence-corrected chi connectivity index (χ1v) is 5.90. The number of nitrogens with zero attached hydrogens (tertiary/aromatic N) is 4. The van der Waals surface area contributed by atoms with Crippen molar-refractivity contribution in [1.29, 1.82) is 0 Å². The molecule has 3 aromatic rings. The summed E-state index contributed by atoms with van der Waals surface area (Å²) >= 11 is 0. The molecule has 0 saturated carbocycles. The van der Waals surface area contributed by atoms with Gasteiger partial charge in [-0.1, -0.05) is 6.07 Å². The zero-order chi connectivity index (χ0) is 13.6. The lowest BCUT2D eigenvalue weighted by Crippen LogP contribution is -1.92. The second-order valence-corrected chi connectivity index (χ2v) is 3.74. The standard InChI is InChI=1S/C14H10N4O2/c1-4-11(19-13-15-6-2-7-16-13)10-12(5-1)20-14-17-8-3-9-18-14/h1-10H. The Morgan fingerprint density at radius 1 is 0.600 bits per heavy atom. The Labute approximate surface area is 115 Å². The molecule has 3 rings (SSSR count). The van der Waals surface area contributed by atoms with E-state index in [4.69, 9.17) is 9.47 Å². The fourth-order valence-corrected chi connectivity index (χ4v) is 1.49. The Hall–Kier alpha value is -3.02. The first-order chi connectivity index (χ1) is 9.90. The number of ether oxygens (including phenoxy) is 2. The molecule has 6 heteroatoms. The van der Waals surface area contributed by atoms with Crippen LogP contribution in [0.5, 0.6) is 23.5 Å². The van der Waals surface area contributed by atoms with Crippen LogP contribution in [0.25, 0.3) is 0 Å². The number of hydrogen-bond donors (Lipinski definition) is 0. The van der Waals surface area contributed by atoms with Gasteiger partial charge in [-0.05, 0) is 24.3 Å². The van der Waals surface area contributed by atoms with E-state index in [1.165, 1.54) is 0 Å². The van der Waals surface area contributed by atoms with Crippen molar-refractivity contribution in [3.63, 3.8) is 0 Å². The van der Waals surface area contributed by atoms with Crippen molar-refractivity contribution in [1.82, 2.24) is 19.9 Å². The van der Waals surface area contributed by atoms with Gasteiger partial charge in [0.2, 0.25) is 0 Å². The van der Waals surface area contributed by atoms with Crippen LogP contribution in [0.4, 0.5) is 0 Å². The third kappa shape index (κ3) is 3.05. The van der Waals surface area contributed by atoms with Crippen molar-refractivity contribution in [2.24, 2.45) is 0 Å². The monoisotopic (exact) mass is 266 g/mol. The van der Waals surface area contributed by atoms with Gasteiger partial charge in [-0.25, -0.2) is 19.9 Å². The van der Waals surface area contributed by atoms with Crippen LogP contribution in [0.15, 0.2) is 61.2 Å². The zero-order valence-corrected chi connectivity index (χ0v) is 10.4. The molecule has 0 atom stereocenters. The number of benzene rings is 1. The van der Waals surface area contributed by atoms with Crippen molar-refractivity contribution >= 4 is 0 Å². The molecule has 0 aliphatic rings. The quantitative estimate of drug-likeness (QED) is 0.723. The summed E-state index contributed by atoms with van der Waals surface area (Å²) in [7, 11) is 0. The van der Waals surface area contributed by atoms with Crippen LogP contribution in [-0.2, 0) is 0 Å². The highest BCUT2D eigenvalue weighted by atomic mass is 16.5. The van der Waals surface area contributed by atoms with Crippen molar-refractivity contribution in [3.8, 4) is 23.5 Å². The fourth-order valence-electron chi connectivity index (χ4n) is 1.49. The summed E-state index contributed by atoms with van der Waals surface area (Å²) in [6.45, 7) is 0. The summed E-state index contributed by atoms with van der Waals surface area (Å²) in [6.07, 6.45) is 6.45. The van der Waals surface area contributed by atoms with Gasteiger partial charge in [0.1, 0.15) is 11.5 Å². The van der Waals surface area contributed by atoms with E-state index in [-0.39, 0.29) is 12.0 Å². The van der Waals surface area contributed by atoms with Crippen LogP contribution < -0.4 is 9.47 Å². The van der Waals surface area contributed by atoms with Crippen LogP contribution in [0.3, 0.4) is 0 Å². The van der Waals surface area contributed by atoms with Gasteiger partial charge in [0.25, 0.3) is 0 Å². The maximum Gasteiger partial charge on any atom is 0.321 e. The van der Waals surface area contributed by atoms with Gasteiger partial charge in [-0.15, -0.1) is 0 Å². The molecule has 2 aromatic heterocycles. The molecule has 0 fully saturated rings. The van der Waals surface area contributed by atoms with Crippen molar-refractivity contribution < 1.29 is 9.47 Å². The van der Waals surface area contributed by atoms with Crippen molar-refractivity contribution in [2.75, 3.05) is 0 Å². The summed E-state index contributed by atoms with van der Waals surface area (Å²) in [5.41, 5.74) is 0. The molecule has 0 aliphatic carbocycles. The van der Waals surface area contributed by atoms with Crippen LogP contribution in [-0.4, -0.2) is 19.9 Å². The van der Waals surface area contributed by atoms with Crippen molar-refractivity contribution in [2.45, 2.75) is 0 Å². The summed E-state index contributed by atoms with van der Waals surface area (Å²) in [4.78, 5) is 16.0. The van der Waals surface area contributed by atoms with Gasteiger partial charge < -0.3 is 9.47 Å². The molecule has 0 spiro atoms. The minimum atomic E-state index is 0.278. The third-order valence-electron chi connectivity index (χ3n) is 2.31. The van der Waals surface area contributed by atoms with Gasteiger partial charge in [-0.3, -0.25) is 0 Å². The molecule has 0 aliphatic heterocycles. The highest BCUT2D eigenvalue weighted by molar-refractivity contribution is 5.35. The molecule has 0 bridgehead atoms. The van der Waals surface area contributed by atoms with Crippen LogP contribution >= 0.6 is 0 Å². The zero-order valence-electron chi connectivity index (χ0n) is 10.4. The summed E-state index contributed by atoms with van der Waals surface area (Å²) in [6, 6.07) is 11.1. The number of hydrogen-bond acceptors (Lipinski definition) is 6. The average molecular weight is 266 g/mol. The predicted octanol–water partition coefficient (Wildman–Crippen LogP) is 2.85. The summed E-state index contributed by atoms with van der Waals surface area (Å²) < 4.78 is 11.0. The molecular formula is C14H10N4O2. The Morgan fingerprint density at radius 2 is 1.05 bits per heavy atom. The SMILES string of the molecule is c1cnc(Oc2cccc(Oc3ncccn3)c2)nc1. The molecule has 0 amide bonds. The molecular weight excluding hydrogens is 256 g/mol. The third-order valence-corrected chi connectivity index (χ3v) is 2.31. The minimum Gasteiger partial charge on any atom is -0.424 e. The van der Waals surface area contributed by atoms with E-state index in [0.29, 0.717) is 11.5 Å². The number of rotatable bonds is 4. The first kappa shape index (κ1) is 12.0. The lowest BCUT2D eigenvalue weighted by Gasteiger charge is -2.06. The Kier molecular flexibility index (Phi) is 3.46. The predicted molar refractivity (Wildman–Crippen MR) is 70.7 cm³/mol. The van der Waals surface area contributed by atoms with Crippen LogP contribution in [0.1, 0.15) is 0 Å². The molecule has 6 nitrogen and oxygen atoms in total. The van der Waals surface area contributed by atoms with Gasteiger partial charge >= 0.3 is 12.0 Å². The van der Waals surface area contributed by atoms with E-state index in [1.807, 2.05) is 0 Å². The lowest BCUT2D eigenvalue weighted by molar-refractivity contribution is 0.422. The molecule has 1 aromatic carbocycles. The molecule has 0 unspecified atom stereocenters. The molecule has 2 heterocycles.